The van der Waals surface area contributed by atoms with Gasteiger partial charge in [0.2, 0.25) is 0 Å². The summed E-state index contributed by atoms with van der Waals surface area (Å²) < 4.78 is 78.7. The van der Waals surface area contributed by atoms with Gasteiger partial charge in [-0.05, 0) is 60.7 Å². The highest BCUT2D eigenvalue weighted by atomic mass is 19.4. The van der Waals surface area contributed by atoms with Crippen molar-refractivity contribution in [2.45, 2.75) is 37.3 Å². The second-order valence-corrected chi connectivity index (χ2v) is 7.72. The first kappa shape index (κ1) is 20.0. The van der Waals surface area contributed by atoms with Gasteiger partial charge in [-0.2, -0.15) is 26.3 Å². The quantitative estimate of drug-likeness (QED) is 0.392. The summed E-state index contributed by atoms with van der Waals surface area (Å²) in [6.07, 6.45) is -3.15. The first-order valence-electron chi connectivity index (χ1n) is 9.34. The third-order valence-corrected chi connectivity index (χ3v) is 5.92. The maximum Gasteiger partial charge on any atom is 0.416 e. The van der Waals surface area contributed by atoms with Crippen molar-refractivity contribution in [1.82, 2.24) is 4.90 Å². The van der Waals surface area contributed by atoms with Gasteiger partial charge < -0.3 is 0 Å². The summed E-state index contributed by atoms with van der Waals surface area (Å²) in [7, 11) is 2.04. The van der Waals surface area contributed by atoms with E-state index in [2.05, 4.69) is 17.1 Å². The van der Waals surface area contributed by atoms with E-state index in [-0.39, 0.29) is 17.7 Å². The van der Waals surface area contributed by atoms with Crippen LogP contribution in [-0.4, -0.2) is 18.0 Å². The molecule has 7 heteroatoms. The fourth-order valence-electron chi connectivity index (χ4n) is 4.41. The van der Waals surface area contributed by atoms with E-state index in [9.17, 15) is 26.3 Å². The number of rotatable bonds is 2. The monoisotopic (exact) mass is 411 g/mol. The van der Waals surface area contributed by atoms with Crippen molar-refractivity contribution >= 4 is 0 Å². The number of fused-ring (bicyclic) bond motifs is 2. The predicted molar refractivity (Wildman–Crippen MR) is 98.0 cm³/mol. The number of likely N-dealkylation sites (N-methyl/N-ethyl adjacent to an activating group) is 1. The van der Waals surface area contributed by atoms with Crippen LogP contribution in [0.15, 0.2) is 54.6 Å². The van der Waals surface area contributed by atoms with Gasteiger partial charge in [0, 0.05) is 12.1 Å². The van der Waals surface area contributed by atoms with E-state index in [4.69, 9.17) is 0 Å². The van der Waals surface area contributed by atoms with Crippen LogP contribution in [0, 0.1) is 5.92 Å². The second kappa shape index (κ2) is 6.90. The molecule has 3 atom stereocenters. The number of hydrogen-bond donors (Lipinski definition) is 0. The highest BCUT2D eigenvalue weighted by Gasteiger charge is 2.38. The molecule has 154 valence electrons. The molecule has 2 aromatic rings. The first-order valence-corrected chi connectivity index (χ1v) is 9.34. The maximum absolute atomic E-state index is 13.1. The Hall–Kier alpha value is -2.28. The van der Waals surface area contributed by atoms with Gasteiger partial charge in [0.05, 0.1) is 11.1 Å². The Morgan fingerprint density at radius 3 is 1.79 bits per heavy atom. The summed E-state index contributed by atoms with van der Waals surface area (Å²) in [5.74, 6) is 0.362. The molecule has 0 saturated carbocycles. The molecule has 2 bridgehead atoms. The van der Waals surface area contributed by atoms with Crippen LogP contribution in [0.4, 0.5) is 26.3 Å². The van der Waals surface area contributed by atoms with Crippen LogP contribution < -0.4 is 0 Å². The van der Waals surface area contributed by atoms with Gasteiger partial charge in [0.1, 0.15) is 0 Å². The molecule has 0 radical (unpaired) electrons. The summed E-state index contributed by atoms with van der Waals surface area (Å²) in [6, 6.07) is 9.02. The molecule has 0 amide bonds. The number of piperidine rings is 1. The zero-order valence-electron chi connectivity index (χ0n) is 15.6. The molecule has 2 aromatic carbocycles. The smallest absolute Gasteiger partial charge is 0.292 e. The van der Waals surface area contributed by atoms with Gasteiger partial charge in [-0.15, -0.1) is 0 Å². The molecule has 1 saturated heterocycles. The largest absolute Gasteiger partial charge is 0.416 e. The Morgan fingerprint density at radius 2 is 1.34 bits per heavy atom. The summed E-state index contributed by atoms with van der Waals surface area (Å²) >= 11 is 0. The van der Waals surface area contributed by atoms with Crippen molar-refractivity contribution in [3.05, 3.63) is 71.3 Å². The van der Waals surface area contributed by atoms with Gasteiger partial charge in [0.15, 0.2) is 0 Å². The lowest BCUT2D eigenvalue weighted by Gasteiger charge is -2.46. The van der Waals surface area contributed by atoms with Crippen molar-refractivity contribution in [2.75, 3.05) is 7.05 Å². The van der Waals surface area contributed by atoms with E-state index < -0.39 is 23.5 Å². The summed E-state index contributed by atoms with van der Waals surface area (Å²) in [5, 5.41) is 0. The van der Waals surface area contributed by atoms with Gasteiger partial charge in [-0.25, -0.2) is 0 Å². The number of hydrogen-bond acceptors (Lipinski definition) is 1. The van der Waals surface area contributed by atoms with Crippen LogP contribution >= 0.6 is 0 Å². The van der Waals surface area contributed by atoms with E-state index in [1.165, 1.54) is 0 Å². The van der Waals surface area contributed by atoms with Crippen LogP contribution in [0.1, 0.15) is 35.6 Å². The average Bonchev–Trinajstić information content (AvgIpc) is 2.67. The van der Waals surface area contributed by atoms with Crippen molar-refractivity contribution in [2.24, 2.45) is 5.92 Å². The summed E-state index contributed by atoms with van der Waals surface area (Å²) in [6.45, 7) is 0. The highest BCUT2D eigenvalue weighted by Crippen LogP contribution is 2.43. The maximum atomic E-state index is 13.1. The molecule has 2 heterocycles. The van der Waals surface area contributed by atoms with Gasteiger partial charge in [-0.1, -0.05) is 36.4 Å². The van der Waals surface area contributed by atoms with E-state index in [1.54, 1.807) is 24.3 Å². The fraction of sp³-hybridized carbons (Fsp3) is 0.364. The molecule has 29 heavy (non-hydrogen) atoms. The van der Waals surface area contributed by atoms with Crippen LogP contribution in [0.25, 0.3) is 11.1 Å². The SMILES string of the molecule is CN1C2C=CC(CC2)C1c1ccc(-c2cc(C(F)(F)F)cc(C(F)(F)F)c2)cc1. The third-order valence-electron chi connectivity index (χ3n) is 5.92. The number of halogens is 6. The van der Waals surface area contributed by atoms with Crippen LogP contribution in [0.3, 0.4) is 0 Å². The Morgan fingerprint density at radius 1 is 0.759 bits per heavy atom. The third kappa shape index (κ3) is 3.80. The van der Waals surface area contributed by atoms with Gasteiger partial charge in [0.25, 0.3) is 0 Å². The van der Waals surface area contributed by atoms with Crippen molar-refractivity contribution in [1.29, 1.82) is 0 Å². The first-order chi connectivity index (χ1) is 13.5. The molecule has 0 aromatic heterocycles. The standard InChI is InChI=1S/C22H19F6N/c1-29-19-8-6-15(7-9-19)20(29)14-4-2-13(3-5-14)16-10-17(21(23,24)25)12-18(11-16)22(26,27)28/h2-6,8,10-12,15,19-20H,7,9H2,1H3. The molecule has 1 fully saturated rings. The van der Waals surface area contributed by atoms with Crippen LogP contribution in [-0.2, 0) is 12.4 Å². The van der Waals surface area contributed by atoms with Gasteiger partial charge >= 0.3 is 12.4 Å². The Kier molecular flexibility index (Phi) is 4.76. The lowest BCUT2D eigenvalue weighted by Crippen LogP contribution is -2.44. The minimum absolute atomic E-state index is 0.0999. The van der Waals surface area contributed by atoms with E-state index in [0.717, 1.165) is 30.5 Å². The zero-order valence-corrected chi connectivity index (χ0v) is 15.6. The molecule has 2 aliphatic heterocycles. The van der Waals surface area contributed by atoms with E-state index >= 15 is 0 Å². The molecular formula is C22H19F6N. The summed E-state index contributed by atoms with van der Waals surface area (Å²) in [4.78, 5) is 2.27. The van der Waals surface area contributed by atoms with E-state index in [0.29, 0.717) is 17.5 Å². The molecule has 1 aliphatic carbocycles. The average molecular weight is 411 g/mol. The normalized spacial score (nSPS) is 24.9. The lowest BCUT2D eigenvalue weighted by atomic mass is 9.77. The molecule has 1 nitrogen and oxygen atoms in total. The van der Waals surface area contributed by atoms with Crippen LogP contribution in [0.5, 0.6) is 0 Å². The van der Waals surface area contributed by atoms with Crippen molar-refractivity contribution < 1.29 is 26.3 Å². The summed E-state index contributed by atoms with van der Waals surface area (Å²) in [5.41, 5.74) is -1.37. The fourth-order valence-corrected chi connectivity index (χ4v) is 4.41. The van der Waals surface area contributed by atoms with Gasteiger partial charge in [-0.3, -0.25) is 4.90 Å². The Labute approximate surface area is 164 Å². The molecule has 5 rings (SSSR count). The minimum Gasteiger partial charge on any atom is -0.292 e. The molecule has 0 N–H and O–H groups in total. The predicted octanol–water partition coefficient (Wildman–Crippen LogP) is 6.71. The lowest BCUT2D eigenvalue weighted by molar-refractivity contribution is -0.143. The molecule has 3 aliphatic rings. The number of alkyl halides is 6. The van der Waals surface area contributed by atoms with Crippen LogP contribution in [0.2, 0.25) is 0 Å². The number of benzene rings is 2. The Bertz CT molecular complexity index is 894. The highest BCUT2D eigenvalue weighted by molar-refractivity contribution is 5.66. The number of nitrogens with zero attached hydrogens (tertiary/aromatic N) is 1. The van der Waals surface area contributed by atoms with E-state index in [1.807, 2.05) is 7.05 Å². The topological polar surface area (TPSA) is 3.24 Å². The zero-order chi connectivity index (χ0) is 21.0. The van der Waals surface area contributed by atoms with Crippen molar-refractivity contribution in [3.8, 4) is 11.1 Å². The molecule has 3 unspecified atom stereocenters. The second-order valence-electron chi connectivity index (χ2n) is 7.72. The Balaban J connectivity index is 1.70. The minimum atomic E-state index is -4.85. The molecule has 0 spiro atoms. The van der Waals surface area contributed by atoms with Crippen molar-refractivity contribution in [3.63, 3.8) is 0 Å². The molecular weight excluding hydrogens is 392 g/mol.